The zero-order chi connectivity index (χ0) is 14.9. The lowest BCUT2D eigenvalue weighted by molar-refractivity contribution is 0.0550. The number of anilines is 1. The van der Waals surface area contributed by atoms with Crippen LogP contribution >= 0.6 is 0 Å². The molecule has 2 N–H and O–H groups in total. The SMILES string of the molecule is CN(CC(C)(C)O)C(=O)Nc1cc(C2CCC2)nn1C. The van der Waals surface area contributed by atoms with Crippen LogP contribution in [-0.2, 0) is 7.05 Å². The lowest BCUT2D eigenvalue weighted by Crippen LogP contribution is -2.41. The van der Waals surface area contributed by atoms with Crippen molar-refractivity contribution in [1.82, 2.24) is 14.7 Å². The maximum Gasteiger partial charge on any atom is 0.322 e. The van der Waals surface area contributed by atoms with Gasteiger partial charge in [0.1, 0.15) is 5.82 Å². The first-order valence-electron chi connectivity index (χ1n) is 7.05. The second kappa shape index (κ2) is 5.44. The van der Waals surface area contributed by atoms with Crippen LogP contribution < -0.4 is 5.32 Å². The van der Waals surface area contributed by atoms with Gasteiger partial charge in [0, 0.05) is 26.1 Å². The summed E-state index contributed by atoms with van der Waals surface area (Å²) in [6.07, 6.45) is 3.63. The van der Waals surface area contributed by atoms with Crippen LogP contribution in [0.25, 0.3) is 0 Å². The lowest BCUT2D eigenvalue weighted by atomic mass is 9.83. The van der Waals surface area contributed by atoms with Crippen molar-refractivity contribution in [2.45, 2.75) is 44.6 Å². The molecule has 0 bridgehead atoms. The van der Waals surface area contributed by atoms with E-state index in [1.807, 2.05) is 13.1 Å². The first-order valence-corrected chi connectivity index (χ1v) is 7.05. The fourth-order valence-corrected chi connectivity index (χ4v) is 2.37. The fourth-order valence-electron chi connectivity index (χ4n) is 2.37. The standard InChI is InChI=1S/C14H24N4O2/c1-14(2,20)9-17(3)13(19)15-12-8-11(16-18(12)4)10-6-5-7-10/h8,10,20H,5-7,9H2,1-4H3,(H,15,19). The van der Waals surface area contributed by atoms with Gasteiger partial charge in [-0.3, -0.25) is 10.00 Å². The predicted molar refractivity (Wildman–Crippen MR) is 77.7 cm³/mol. The molecular weight excluding hydrogens is 256 g/mol. The van der Waals surface area contributed by atoms with Crippen molar-refractivity contribution >= 4 is 11.8 Å². The van der Waals surface area contributed by atoms with Crippen LogP contribution in [0.2, 0.25) is 0 Å². The smallest absolute Gasteiger partial charge is 0.322 e. The number of rotatable bonds is 4. The average molecular weight is 280 g/mol. The van der Waals surface area contributed by atoms with Crippen LogP contribution in [0.1, 0.15) is 44.7 Å². The molecule has 1 aliphatic carbocycles. The van der Waals surface area contributed by atoms with Crippen molar-refractivity contribution in [2.75, 3.05) is 18.9 Å². The number of carbonyl (C=O) groups is 1. The van der Waals surface area contributed by atoms with Crippen molar-refractivity contribution in [3.05, 3.63) is 11.8 Å². The Morgan fingerprint density at radius 3 is 2.75 bits per heavy atom. The number of likely N-dealkylation sites (N-methyl/N-ethyl adjacent to an activating group) is 1. The largest absolute Gasteiger partial charge is 0.389 e. The first kappa shape index (κ1) is 14.8. The van der Waals surface area contributed by atoms with E-state index in [0.29, 0.717) is 11.7 Å². The van der Waals surface area contributed by atoms with Crippen molar-refractivity contribution < 1.29 is 9.90 Å². The number of aromatic nitrogens is 2. The molecule has 0 radical (unpaired) electrons. The number of hydrogen-bond donors (Lipinski definition) is 2. The summed E-state index contributed by atoms with van der Waals surface area (Å²) in [6.45, 7) is 3.62. The molecule has 6 heteroatoms. The van der Waals surface area contributed by atoms with Crippen molar-refractivity contribution in [2.24, 2.45) is 7.05 Å². The van der Waals surface area contributed by atoms with E-state index in [1.165, 1.54) is 24.2 Å². The fraction of sp³-hybridized carbons (Fsp3) is 0.714. The number of carbonyl (C=O) groups excluding carboxylic acids is 1. The summed E-state index contributed by atoms with van der Waals surface area (Å²) >= 11 is 0. The van der Waals surface area contributed by atoms with E-state index < -0.39 is 5.60 Å². The summed E-state index contributed by atoms with van der Waals surface area (Å²) in [5, 5.41) is 17.0. The minimum Gasteiger partial charge on any atom is -0.389 e. The molecule has 2 amide bonds. The number of amides is 2. The van der Waals surface area contributed by atoms with Gasteiger partial charge in [0.25, 0.3) is 0 Å². The molecule has 0 aliphatic heterocycles. The predicted octanol–water partition coefficient (Wildman–Crippen LogP) is 1.92. The molecule has 1 fully saturated rings. The van der Waals surface area contributed by atoms with Gasteiger partial charge in [0.2, 0.25) is 0 Å². The normalized spacial score (nSPS) is 15.8. The minimum atomic E-state index is -0.907. The molecule has 0 saturated heterocycles. The monoisotopic (exact) mass is 280 g/mol. The van der Waals surface area contributed by atoms with Gasteiger partial charge in [-0.15, -0.1) is 0 Å². The van der Waals surface area contributed by atoms with E-state index in [4.69, 9.17) is 0 Å². The summed E-state index contributed by atoms with van der Waals surface area (Å²) in [4.78, 5) is 13.5. The number of nitrogens with one attached hydrogen (secondary N) is 1. The lowest BCUT2D eigenvalue weighted by Gasteiger charge is -2.25. The van der Waals surface area contributed by atoms with Gasteiger partial charge in [-0.25, -0.2) is 4.79 Å². The summed E-state index contributed by atoms with van der Waals surface area (Å²) in [7, 11) is 3.49. The zero-order valence-electron chi connectivity index (χ0n) is 12.7. The molecule has 1 aromatic heterocycles. The molecule has 112 valence electrons. The molecule has 1 aliphatic rings. The van der Waals surface area contributed by atoms with Crippen molar-refractivity contribution in [3.63, 3.8) is 0 Å². The Morgan fingerprint density at radius 2 is 2.25 bits per heavy atom. The molecule has 0 aromatic carbocycles. The van der Waals surface area contributed by atoms with E-state index in [-0.39, 0.29) is 12.6 Å². The van der Waals surface area contributed by atoms with E-state index in [1.54, 1.807) is 25.6 Å². The quantitative estimate of drug-likeness (QED) is 0.885. The Balaban J connectivity index is 1.98. The second-order valence-corrected chi connectivity index (χ2v) is 6.30. The molecule has 0 atom stereocenters. The van der Waals surface area contributed by atoms with Crippen LogP contribution in [0, 0.1) is 0 Å². The third-order valence-electron chi connectivity index (χ3n) is 3.63. The van der Waals surface area contributed by atoms with Gasteiger partial charge in [-0.05, 0) is 26.7 Å². The van der Waals surface area contributed by atoms with Gasteiger partial charge < -0.3 is 10.0 Å². The van der Waals surface area contributed by atoms with Crippen LogP contribution in [0.15, 0.2) is 6.07 Å². The Labute approximate surface area is 119 Å². The van der Waals surface area contributed by atoms with Gasteiger partial charge >= 0.3 is 6.03 Å². The first-order chi connectivity index (χ1) is 9.26. The highest BCUT2D eigenvalue weighted by Crippen LogP contribution is 2.36. The molecule has 6 nitrogen and oxygen atoms in total. The Morgan fingerprint density at radius 1 is 1.60 bits per heavy atom. The van der Waals surface area contributed by atoms with Crippen molar-refractivity contribution in [1.29, 1.82) is 0 Å². The maximum atomic E-state index is 12.1. The number of aryl methyl sites for hydroxylation is 1. The van der Waals surface area contributed by atoms with Gasteiger partial charge in [-0.2, -0.15) is 5.10 Å². The molecule has 1 heterocycles. The van der Waals surface area contributed by atoms with Crippen LogP contribution in [0.4, 0.5) is 10.6 Å². The number of hydrogen-bond acceptors (Lipinski definition) is 3. The van der Waals surface area contributed by atoms with Crippen LogP contribution in [-0.4, -0.2) is 45.0 Å². The third-order valence-corrected chi connectivity index (χ3v) is 3.63. The second-order valence-electron chi connectivity index (χ2n) is 6.30. The number of urea groups is 1. The Bertz CT molecular complexity index is 486. The maximum absolute atomic E-state index is 12.1. The van der Waals surface area contributed by atoms with E-state index in [9.17, 15) is 9.90 Å². The van der Waals surface area contributed by atoms with Crippen LogP contribution in [0.3, 0.4) is 0 Å². The van der Waals surface area contributed by atoms with Gasteiger partial charge in [0.15, 0.2) is 0 Å². The van der Waals surface area contributed by atoms with E-state index >= 15 is 0 Å². The molecule has 1 aromatic rings. The molecule has 0 spiro atoms. The van der Waals surface area contributed by atoms with Gasteiger partial charge in [0.05, 0.1) is 17.8 Å². The van der Waals surface area contributed by atoms with Gasteiger partial charge in [-0.1, -0.05) is 6.42 Å². The molecular formula is C14H24N4O2. The molecule has 2 rings (SSSR count). The summed E-state index contributed by atoms with van der Waals surface area (Å²) in [5.41, 5.74) is 0.148. The zero-order valence-corrected chi connectivity index (χ0v) is 12.7. The highest BCUT2D eigenvalue weighted by molar-refractivity contribution is 5.88. The average Bonchev–Trinajstić information content (AvgIpc) is 2.54. The number of nitrogens with zero attached hydrogens (tertiary/aromatic N) is 3. The minimum absolute atomic E-state index is 0.240. The Kier molecular flexibility index (Phi) is 4.04. The Hall–Kier alpha value is -1.56. The third kappa shape index (κ3) is 3.50. The van der Waals surface area contributed by atoms with E-state index in [2.05, 4.69) is 10.4 Å². The highest BCUT2D eigenvalue weighted by atomic mass is 16.3. The highest BCUT2D eigenvalue weighted by Gasteiger charge is 2.24. The summed E-state index contributed by atoms with van der Waals surface area (Å²) < 4.78 is 1.70. The summed E-state index contributed by atoms with van der Waals surface area (Å²) in [5.74, 6) is 1.24. The molecule has 1 saturated carbocycles. The van der Waals surface area contributed by atoms with E-state index in [0.717, 1.165) is 5.69 Å². The number of aliphatic hydroxyl groups is 1. The molecule has 0 unspecified atom stereocenters. The summed E-state index contributed by atoms with van der Waals surface area (Å²) in [6, 6.07) is 1.70. The van der Waals surface area contributed by atoms with Crippen LogP contribution in [0.5, 0.6) is 0 Å². The topological polar surface area (TPSA) is 70.4 Å². The van der Waals surface area contributed by atoms with Crippen molar-refractivity contribution in [3.8, 4) is 0 Å². The molecule has 20 heavy (non-hydrogen) atoms.